The Hall–Kier alpha value is -2.15. The lowest BCUT2D eigenvalue weighted by Crippen LogP contribution is -2.05. The first kappa shape index (κ1) is 13.8. The minimum Gasteiger partial charge on any atom is -0.341 e. The molecule has 1 aromatic carbocycles. The second kappa shape index (κ2) is 5.00. The number of aromatic nitrogens is 3. The van der Waals surface area contributed by atoms with Crippen molar-refractivity contribution in [1.82, 2.24) is 14.3 Å². The van der Waals surface area contributed by atoms with Crippen molar-refractivity contribution in [3.8, 4) is 0 Å². The van der Waals surface area contributed by atoms with E-state index >= 15 is 0 Å². The lowest BCUT2D eigenvalue weighted by molar-refractivity contribution is -0.384. The van der Waals surface area contributed by atoms with Crippen LogP contribution in [0.5, 0.6) is 0 Å². The summed E-state index contributed by atoms with van der Waals surface area (Å²) in [5.41, 5.74) is 3.08. The first-order valence-corrected chi connectivity index (χ1v) is 7.18. The average molecular weight is 349 g/mol. The van der Waals surface area contributed by atoms with E-state index in [4.69, 9.17) is 0 Å². The molecule has 0 unspecified atom stereocenters. The second-order valence-corrected chi connectivity index (χ2v) is 5.71. The highest BCUT2D eigenvalue weighted by Crippen LogP contribution is 2.25. The minimum absolute atomic E-state index is 0.109. The topological polar surface area (TPSA) is 65.9 Å². The van der Waals surface area contributed by atoms with Crippen molar-refractivity contribution in [3.05, 3.63) is 56.4 Å². The van der Waals surface area contributed by atoms with E-state index in [0.717, 1.165) is 26.8 Å². The number of nitrogens with zero attached hydrogens (tertiary/aromatic N) is 4. The molecule has 0 fully saturated rings. The molecule has 0 radical (unpaired) electrons. The molecule has 0 aliphatic rings. The average Bonchev–Trinajstić information content (AvgIpc) is 2.95. The molecule has 3 rings (SSSR count). The van der Waals surface area contributed by atoms with Crippen LogP contribution >= 0.6 is 15.9 Å². The van der Waals surface area contributed by atoms with Gasteiger partial charge in [0.05, 0.1) is 27.3 Å². The Morgan fingerprint density at radius 1 is 1.38 bits per heavy atom. The molecule has 0 bridgehead atoms. The Balaban J connectivity index is 2.03. The number of nitro groups is 1. The van der Waals surface area contributed by atoms with Crippen molar-refractivity contribution in [3.63, 3.8) is 0 Å². The number of rotatable bonds is 3. The van der Waals surface area contributed by atoms with Gasteiger partial charge in [-0.05, 0) is 35.0 Å². The van der Waals surface area contributed by atoms with Crippen LogP contribution in [0.25, 0.3) is 10.9 Å². The molecule has 2 aromatic heterocycles. The Morgan fingerprint density at radius 3 is 2.76 bits per heavy atom. The fourth-order valence-electron chi connectivity index (χ4n) is 2.45. The van der Waals surface area contributed by atoms with Gasteiger partial charge in [-0.1, -0.05) is 0 Å². The number of halogens is 1. The Morgan fingerprint density at radius 2 is 2.14 bits per heavy atom. The molecule has 0 aliphatic carbocycles. The molecule has 0 amide bonds. The number of nitro benzene ring substituents is 1. The minimum atomic E-state index is -0.377. The third kappa shape index (κ3) is 2.33. The van der Waals surface area contributed by atoms with Crippen molar-refractivity contribution in [2.24, 2.45) is 7.05 Å². The number of hydrogen-bond donors (Lipinski definition) is 0. The van der Waals surface area contributed by atoms with Gasteiger partial charge in [0.2, 0.25) is 0 Å². The summed E-state index contributed by atoms with van der Waals surface area (Å²) < 4.78 is 4.89. The van der Waals surface area contributed by atoms with Crippen LogP contribution in [0.2, 0.25) is 0 Å². The van der Waals surface area contributed by atoms with Crippen molar-refractivity contribution < 1.29 is 4.92 Å². The quantitative estimate of drug-likeness (QED) is 0.538. The maximum Gasteiger partial charge on any atom is 0.270 e. The highest BCUT2D eigenvalue weighted by Gasteiger charge is 2.13. The van der Waals surface area contributed by atoms with Gasteiger partial charge in [-0.3, -0.25) is 14.8 Å². The lowest BCUT2D eigenvalue weighted by Gasteiger charge is -2.07. The predicted molar refractivity (Wildman–Crippen MR) is 83.3 cm³/mol. The van der Waals surface area contributed by atoms with Crippen LogP contribution in [0.3, 0.4) is 0 Å². The Bertz CT molecular complexity index is 850. The summed E-state index contributed by atoms with van der Waals surface area (Å²) in [5, 5.41) is 16.1. The fourth-order valence-corrected chi connectivity index (χ4v) is 2.91. The van der Waals surface area contributed by atoms with Crippen LogP contribution in [0.1, 0.15) is 11.4 Å². The van der Waals surface area contributed by atoms with E-state index in [1.165, 1.54) is 6.07 Å². The molecule has 0 atom stereocenters. The molecular weight excluding hydrogens is 336 g/mol. The standard InChI is InChI=1S/C14H13BrN4O2/c1-9-14(15)13(17(2)16-9)8-18-6-5-10-7-11(19(20)21)3-4-12(10)18/h3-7H,8H2,1-2H3. The van der Waals surface area contributed by atoms with E-state index in [0.29, 0.717) is 6.54 Å². The van der Waals surface area contributed by atoms with Crippen LogP contribution < -0.4 is 0 Å². The maximum atomic E-state index is 10.8. The second-order valence-electron chi connectivity index (χ2n) is 4.91. The molecule has 21 heavy (non-hydrogen) atoms. The van der Waals surface area contributed by atoms with Crippen LogP contribution in [-0.4, -0.2) is 19.3 Å². The molecule has 0 N–H and O–H groups in total. The fraction of sp³-hybridized carbons (Fsp3) is 0.214. The highest BCUT2D eigenvalue weighted by atomic mass is 79.9. The normalized spacial score (nSPS) is 11.2. The van der Waals surface area contributed by atoms with Crippen molar-refractivity contribution in [2.75, 3.05) is 0 Å². The summed E-state index contributed by atoms with van der Waals surface area (Å²) in [7, 11) is 1.91. The van der Waals surface area contributed by atoms with E-state index in [1.54, 1.807) is 12.1 Å². The molecule has 0 saturated heterocycles. The van der Waals surface area contributed by atoms with Gasteiger partial charge in [-0.25, -0.2) is 0 Å². The van der Waals surface area contributed by atoms with Gasteiger partial charge < -0.3 is 4.57 Å². The van der Waals surface area contributed by atoms with Crippen LogP contribution in [0, 0.1) is 17.0 Å². The summed E-state index contributed by atoms with van der Waals surface area (Å²) >= 11 is 3.56. The summed E-state index contributed by atoms with van der Waals surface area (Å²) in [6, 6.07) is 6.79. The zero-order chi connectivity index (χ0) is 15.1. The zero-order valence-corrected chi connectivity index (χ0v) is 13.2. The number of benzene rings is 1. The van der Waals surface area contributed by atoms with E-state index in [9.17, 15) is 10.1 Å². The van der Waals surface area contributed by atoms with Gasteiger partial charge in [-0.2, -0.15) is 5.10 Å². The van der Waals surface area contributed by atoms with Gasteiger partial charge >= 0.3 is 0 Å². The Labute approximate surface area is 129 Å². The third-order valence-electron chi connectivity index (χ3n) is 3.55. The van der Waals surface area contributed by atoms with Gasteiger partial charge in [-0.15, -0.1) is 0 Å². The van der Waals surface area contributed by atoms with E-state index in [2.05, 4.69) is 25.6 Å². The van der Waals surface area contributed by atoms with Crippen LogP contribution in [0.15, 0.2) is 34.9 Å². The number of hydrogen-bond acceptors (Lipinski definition) is 3. The van der Waals surface area contributed by atoms with Crippen molar-refractivity contribution >= 4 is 32.5 Å². The molecular formula is C14H13BrN4O2. The lowest BCUT2D eigenvalue weighted by atomic mass is 10.2. The van der Waals surface area contributed by atoms with Gasteiger partial charge in [0.15, 0.2) is 0 Å². The zero-order valence-electron chi connectivity index (χ0n) is 11.6. The SMILES string of the molecule is Cc1nn(C)c(Cn2ccc3cc([N+](=O)[O-])ccc32)c1Br. The van der Waals surface area contributed by atoms with Crippen LogP contribution in [0.4, 0.5) is 5.69 Å². The number of fused-ring (bicyclic) bond motifs is 1. The summed E-state index contributed by atoms with van der Waals surface area (Å²) in [4.78, 5) is 10.4. The molecule has 0 spiro atoms. The van der Waals surface area contributed by atoms with Gasteiger partial charge in [0.25, 0.3) is 5.69 Å². The van der Waals surface area contributed by atoms with Gasteiger partial charge in [0, 0.05) is 36.3 Å². The maximum absolute atomic E-state index is 10.8. The summed E-state index contributed by atoms with van der Waals surface area (Å²) in [6.45, 7) is 2.60. The number of aryl methyl sites for hydroxylation is 2. The van der Waals surface area contributed by atoms with Crippen molar-refractivity contribution in [2.45, 2.75) is 13.5 Å². The summed E-state index contributed by atoms with van der Waals surface area (Å²) in [5.74, 6) is 0. The first-order chi connectivity index (χ1) is 9.97. The monoisotopic (exact) mass is 348 g/mol. The molecule has 108 valence electrons. The predicted octanol–water partition coefficient (Wildman–Crippen LogP) is 3.40. The first-order valence-electron chi connectivity index (χ1n) is 6.38. The van der Waals surface area contributed by atoms with E-state index in [1.807, 2.05) is 30.9 Å². The molecule has 3 aromatic rings. The molecule has 6 nitrogen and oxygen atoms in total. The molecule has 2 heterocycles. The van der Waals surface area contributed by atoms with Gasteiger partial charge in [0.1, 0.15) is 0 Å². The smallest absolute Gasteiger partial charge is 0.270 e. The summed E-state index contributed by atoms with van der Waals surface area (Å²) in [6.07, 6.45) is 1.93. The Kier molecular flexibility index (Phi) is 3.29. The molecule has 0 saturated carbocycles. The van der Waals surface area contributed by atoms with E-state index in [-0.39, 0.29) is 10.6 Å². The highest BCUT2D eigenvalue weighted by molar-refractivity contribution is 9.10. The van der Waals surface area contributed by atoms with E-state index < -0.39 is 0 Å². The molecule has 0 aliphatic heterocycles. The largest absolute Gasteiger partial charge is 0.341 e. The third-order valence-corrected chi connectivity index (χ3v) is 4.58. The van der Waals surface area contributed by atoms with Crippen molar-refractivity contribution in [1.29, 1.82) is 0 Å². The number of non-ortho nitro benzene ring substituents is 1. The molecule has 7 heteroatoms. The van der Waals surface area contributed by atoms with Crippen LogP contribution in [-0.2, 0) is 13.6 Å².